The van der Waals surface area contributed by atoms with Gasteiger partial charge in [-0.25, -0.2) is 0 Å². The number of ether oxygens (including phenoxy) is 1. The average Bonchev–Trinajstić information content (AvgIpc) is 2.96. The van der Waals surface area contributed by atoms with E-state index in [1.54, 1.807) is 43.3 Å². The average molecular weight is 525 g/mol. The van der Waals surface area contributed by atoms with Crippen LogP contribution < -0.4 is 5.32 Å². The zero-order valence-electron chi connectivity index (χ0n) is 23.0. The first-order valence-electron chi connectivity index (χ1n) is 13.7. The van der Waals surface area contributed by atoms with E-state index in [0.29, 0.717) is 35.8 Å². The highest BCUT2D eigenvalue weighted by Crippen LogP contribution is 2.39. The Hall–Kier alpha value is -4.24. The molecule has 1 unspecified atom stereocenters. The van der Waals surface area contributed by atoms with Gasteiger partial charge in [-0.05, 0) is 66.6 Å². The van der Waals surface area contributed by atoms with Gasteiger partial charge in [0, 0.05) is 11.1 Å². The number of nitrogens with zero attached hydrogens (tertiary/aromatic N) is 1. The van der Waals surface area contributed by atoms with Crippen LogP contribution in [0.1, 0.15) is 96.2 Å². The highest BCUT2D eigenvalue weighted by molar-refractivity contribution is 6.09. The van der Waals surface area contributed by atoms with E-state index in [4.69, 9.17) is 4.74 Å². The zero-order valence-corrected chi connectivity index (χ0v) is 23.0. The molecule has 202 valence electrons. The van der Waals surface area contributed by atoms with E-state index >= 15 is 0 Å². The van der Waals surface area contributed by atoms with E-state index in [-0.39, 0.29) is 23.4 Å². The second kappa shape index (κ2) is 14.6. The first kappa shape index (κ1) is 29.3. The van der Waals surface area contributed by atoms with Crippen molar-refractivity contribution in [2.45, 2.75) is 65.2 Å². The van der Waals surface area contributed by atoms with Gasteiger partial charge in [-0.1, -0.05) is 75.6 Å². The fourth-order valence-electron chi connectivity index (χ4n) is 4.74. The van der Waals surface area contributed by atoms with Crippen LogP contribution in [0.25, 0.3) is 11.1 Å². The Balaban J connectivity index is 2.22. The molecule has 0 aliphatic carbocycles. The van der Waals surface area contributed by atoms with Crippen LogP contribution in [-0.2, 0) is 16.0 Å². The number of carbonyl (C=O) groups excluding carboxylic acids is 3. The van der Waals surface area contributed by atoms with E-state index in [9.17, 15) is 19.6 Å². The predicted octanol–water partition coefficient (Wildman–Crippen LogP) is 7.47. The lowest BCUT2D eigenvalue weighted by Crippen LogP contribution is -2.20. The van der Waals surface area contributed by atoms with Crippen molar-refractivity contribution in [3.8, 4) is 17.2 Å². The van der Waals surface area contributed by atoms with Crippen molar-refractivity contribution in [3.05, 3.63) is 88.5 Å². The molecule has 0 aromatic heterocycles. The van der Waals surface area contributed by atoms with Gasteiger partial charge in [0.2, 0.25) is 0 Å². The summed E-state index contributed by atoms with van der Waals surface area (Å²) in [6.45, 7) is 6.06. The van der Waals surface area contributed by atoms with Gasteiger partial charge >= 0.3 is 5.97 Å². The number of aldehydes is 1. The normalized spacial score (nSPS) is 11.3. The fourth-order valence-corrected chi connectivity index (χ4v) is 4.74. The maximum Gasteiger partial charge on any atom is 0.313 e. The number of hydrogen-bond donors (Lipinski definition) is 1. The van der Waals surface area contributed by atoms with Crippen LogP contribution in [0, 0.1) is 11.3 Å². The number of unbranched alkanes of at least 4 members (excludes halogenated alkanes) is 2. The summed E-state index contributed by atoms with van der Waals surface area (Å²) in [6, 6.07) is 20.5. The van der Waals surface area contributed by atoms with Crippen molar-refractivity contribution in [1.82, 2.24) is 0 Å². The molecule has 1 amide bonds. The molecule has 6 heteroatoms. The van der Waals surface area contributed by atoms with Crippen molar-refractivity contribution < 1.29 is 19.1 Å². The van der Waals surface area contributed by atoms with Crippen LogP contribution in [-0.4, -0.2) is 24.8 Å². The molecule has 3 aromatic rings. The third-order valence-electron chi connectivity index (χ3n) is 6.76. The molecule has 0 spiro atoms. The molecule has 0 fully saturated rings. The van der Waals surface area contributed by atoms with Gasteiger partial charge in [-0.3, -0.25) is 14.4 Å². The first-order valence-corrected chi connectivity index (χ1v) is 13.7. The Bertz CT molecular complexity index is 1320. The van der Waals surface area contributed by atoms with Gasteiger partial charge in [-0.2, -0.15) is 5.26 Å². The van der Waals surface area contributed by atoms with Crippen LogP contribution in [0.5, 0.6) is 0 Å². The molecule has 6 nitrogen and oxygen atoms in total. The molecule has 0 bridgehead atoms. The van der Waals surface area contributed by atoms with Gasteiger partial charge in [0.1, 0.15) is 6.07 Å². The molecule has 39 heavy (non-hydrogen) atoms. The molecule has 0 saturated heterocycles. The second-order valence-corrected chi connectivity index (χ2v) is 9.47. The summed E-state index contributed by atoms with van der Waals surface area (Å²) in [5.41, 5.74) is 3.72. The first-order chi connectivity index (χ1) is 19.0. The minimum Gasteiger partial charge on any atom is -0.466 e. The van der Waals surface area contributed by atoms with Gasteiger partial charge in [0.15, 0.2) is 6.29 Å². The number of rotatable bonds is 13. The van der Waals surface area contributed by atoms with Crippen molar-refractivity contribution in [2.75, 3.05) is 11.9 Å². The summed E-state index contributed by atoms with van der Waals surface area (Å²) in [5, 5.41) is 13.1. The van der Waals surface area contributed by atoms with E-state index in [1.807, 2.05) is 31.2 Å². The SMILES string of the molecule is CCCCCc1ccc(-c2cc(C(CCC)C(=O)OCC)c(C#N)c(NC(=O)c3ccccc3)c2C=O)cc1. The van der Waals surface area contributed by atoms with Gasteiger partial charge < -0.3 is 10.1 Å². The standard InChI is InChI=1S/C33H36N2O4/c1-4-7-9-13-23-16-18-24(19-17-23)27-20-28(26(12-5-2)33(38)39-6-3)29(21-34)31(30(27)22-36)35-32(37)25-14-10-8-11-15-25/h8,10-11,14-20,22,26H,4-7,9,12-13H2,1-3H3,(H,35,37). The van der Waals surface area contributed by atoms with Crippen molar-refractivity contribution in [3.63, 3.8) is 0 Å². The molecule has 1 N–H and O–H groups in total. The number of aryl methyl sites for hydroxylation is 1. The summed E-state index contributed by atoms with van der Waals surface area (Å²) >= 11 is 0. The minimum absolute atomic E-state index is 0.0906. The van der Waals surface area contributed by atoms with Crippen LogP contribution in [0.3, 0.4) is 0 Å². The van der Waals surface area contributed by atoms with Crippen LogP contribution in [0.15, 0.2) is 60.7 Å². The number of carbonyl (C=O) groups is 3. The maximum atomic E-state index is 13.2. The monoisotopic (exact) mass is 524 g/mol. The number of nitrogens with one attached hydrogen (secondary N) is 1. The molecule has 0 aliphatic rings. The molecule has 0 heterocycles. The molecule has 0 aliphatic heterocycles. The largest absolute Gasteiger partial charge is 0.466 e. The van der Waals surface area contributed by atoms with Crippen molar-refractivity contribution in [2.24, 2.45) is 0 Å². The van der Waals surface area contributed by atoms with E-state index in [2.05, 4.69) is 18.3 Å². The zero-order chi connectivity index (χ0) is 28.2. The Labute approximate surface area is 231 Å². The highest BCUT2D eigenvalue weighted by Gasteiger charge is 2.29. The third kappa shape index (κ3) is 7.20. The Morgan fingerprint density at radius 2 is 1.72 bits per heavy atom. The molecule has 1 atom stereocenters. The van der Waals surface area contributed by atoms with Gasteiger partial charge in [-0.15, -0.1) is 0 Å². The summed E-state index contributed by atoms with van der Waals surface area (Å²) in [4.78, 5) is 38.8. The smallest absolute Gasteiger partial charge is 0.313 e. The molecule has 3 aromatic carbocycles. The lowest BCUT2D eigenvalue weighted by Gasteiger charge is -2.22. The Morgan fingerprint density at radius 3 is 2.31 bits per heavy atom. The number of benzene rings is 3. The molecule has 0 radical (unpaired) electrons. The number of amides is 1. The summed E-state index contributed by atoms with van der Waals surface area (Å²) in [7, 11) is 0. The van der Waals surface area contributed by atoms with Crippen LogP contribution in [0.2, 0.25) is 0 Å². The quantitative estimate of drug-likeness (QED) is 0.142. The Kier molecular flexibility index (Phi) is 11.0. The lowest BCUT2D eigenvalue weighted by molar-refractivity contribution is -0.145. The van der Waals surface area contributed by atoms with Crippen LogP contribution >= 0.6 is 0 Å². The fraction of sp³-hybridized carbons (Fsp3) is 0.333. The summed E-state index contributed by atoms with van der Waals surface area (Å²) in [5.74, 6) is -1.61. The van der Waals surface area contributed by atoms with Gasteiger partial charge in [0.05, 0.1) is 23.8 Å². The van der Waals surface area contributed by atoms with Crippen LogP contribution in [0.4, 0.5) is 5.69 Å². The minimum atomic E-state index is -0.718. The number of anilines is 1. The van der Waals surface area contributed by atoms with E-state index in [1.165, 1.54) is 5.56 Å². The van der Waals surface area contributed by atoms with E-state index in [0.717, 1.165) is 31.2 Å². The second-order valence-electron chi connectivity index (χ2n) is 9.47. The summed E-state index contributed by atoms with van der Waals surface area (Å²) in [6.07, 6.45) is 6.16. The van der Waals surface area contributed by atoms with Crippen molar-refractivity contribution in [1.29, 1.82) is 5.26 Å². The van der Waals surface area contributed by atoms with Gasteiger partial charge in [0.25, 0.3) is 5.91 Å². The molecular weight excluding hydrogens is 488 g/mol. The van der Waals surface area contributed by atoms with Crippen molar-refractivity contribution >= 4 is 23.9 Å². The number of esters is 1. The third-order valence-corrected chi connectivity index (χ3v) is 6.76. The topological polar surface area (TPSA) is 96.3 Å². The molecule has 3 rings (SSSR count). The predicted molar refractivity (Wildman–Crippen MR) is 154 cm³/mol. The highest BCUT2D eigenvalue weighted by atomic mass is 16.5. The molecule has 0 saturated carbocycles. The lowest BCUT2D eigenvalue weighted by atomic mass is 9.84. The Morgan fingerprint density at radius 1 is 1.00 bits per heavy atom. The molecular formula is C33H36N2O4. The number of hydrogen-bond acceptors (Lipinski definition) is 5. The van der Waals surface area contributed by atoms with E-state index < -0.39 is 17.8 Å². The number of nitriles is 1. The maximum absolute atomic E-state index is 13.2. The summed E-state index contributed by atoms with van der Waals surface area (Å²) < 4.78 is 5.36.